The lowest BCUT2D eigenvalue weighted by molar-refractivity contribution is -0.167. The van der Waals surface area contributed by atoms with Crippen molar-refractivity contribution in [2.24, 2.45) is 0 Å². The van der Waals surface area contributed by atoms with Crippen LogP contribution in [0.4, 0.5) is 0 Å². The van der Waals surface area contributed by atoms with Crippen LogP contribution in [0.3, 0.4) is 0 Å². The van der Waals surface area contributed by atoms with Crippen LogP contribution in [0, 0.1) is 0 Å². The number of esters is 3. The van der Waals surface area contributed by atoms with E-state index in [1.54, 1.807) is 0 Å². The van der Waals surface area contributed by atoms with Gasteiger partial charge in [-0.25, -0.2) is 0 Å². The van der Waals surface area contributed by atoms with E-state index in [0.29, 0.717) is 19.3 Å². The third-order valence-corrected chi connectivity index (χ3v) is 10.2. The minimum atomic E-state index is -0.796. The van der Waals surface area contributed by atoms with Crippen LogP contribution >= 0.6 is 0 Å². The first kappa shape index (κ1) is 55.9. The molecule has 0 amide bonds. The number of hydrogen-bond acceptors (Lipinski definition) is 6. The second-order valence-electron chi connectivity index (χ2n) is 16.0. The Labute approximate surface area is 363 Å². The van der Waals surface area contributed by atoms with Gasteiger partial charge in [0.15, 0.2) is 6.10 Å². The number of unbranched alkanes of at least 4 members (excludes halogenated alkanes) is 20. The van der Waals surface area contributed by atoms with Crippen LogP contribution in [0.1, 0.15) is 226 Å². The topological polar surface area (TPSA) is 78.9 Å². The lowest BCUT2D eigenvalue weighted by Gasteiger charge is -2.18. The molecule has 0 aromatic heterocycles. The first-order valence-corrected chi connectivity index (χ1v) is 24.4. The van der Waals surface area contributed by atoms with Crippen molar-refractivity contribution in [1.29, 1.82) is 0 Å². The van der Waals surface area contributed by atoms with Gasteiger partial charge in [0.05, 0.1) is 0 Å². The number of allylic oxidation sites excluding steroid dienone is 12. The van der Waals surface area contributed by atoms with Crippen molar-refractivity contribution in [3.63, 3.8) is 0 Å². The summed E-state index contributed by atoms with van der Waals surface area (Å²) in [7, 11) is 0. The fourth-order valence-electron chi connectivity index (χ4n) is 6.55. The molecule has 0 aromatic carbocycles. The molecule has 1 atom stereocenters. The van der Waals surface area contributed by atoms with Gasteiger partial charge in [-0.15, -0.1) is 0 Å². The Bertz CT molecular complexity index is 1130. The summed E-state index contributed by atoms with van der Waals surface area (Å²) in [6, 6.07) is 0. The van der Waals surface area contributed by atoms with Crippen LogP contribution in [-0.2, 0) is 28.6 Å². The molecule has 0 aliphatic rings. The quantitative estimate of drug-likeness (QED) is 0.0264. The lowest BCUT2D eigenvalue weighted by atomic mass is 10.1. The molecule has 6 nitrogen and oxygen atoms in total. The van der Waals surface area contributed by atoms with E-state index in [9.17, 15) is 14.4 Å². The Morgan fingerprint density at radius 3 is 1.10 bits per heavy atom. The Morgan fingerprint density at radius 2 is 0.661 bits per heavy atom. The van der Waals surface area contributed by atoms with E-state index < -0.39 is 6.10 Å². The molecule has 0 saturated carbocycles. The van der Waals surface area contributed by atoms with E-state index in [1.807, 2.05) is 0 Å². The zero-order valence-electron chi connectivity index (χ0n) is 38.5. The van der Waals surface area contributed by atoms with Crippen LogP contribution in [0.2, 0.25) is 0 Å². The number of rotatable bonds is 43. The van der Waals surface area contributed by atoms with Gasteiger partial charge in [-0.2, -0.15) is 0 Å². The largest absolute Gasteiger partial charge is 0.462 e. The summed E-state index contributed by atoms with van der Waals surface area (Å²) >= 11 is 0. The van der Waals surface area contributed by atoms with E-state index >= 15 is 0 Å². The van der Waals surface area contributed by atoms with Crippen molar-refractivity contribution < 1.29 is 28.6 Å². The number of hydrogen-bond donors (Lipinski definition) is 0. The summed E-state index contributed by atoms with van der Waals surface area (Å²) in [5.41, 5.74) is 0. The molecule has 0 aliphatic carbocycles. The van der Waals surface area contributed by atoms with Crippen LogP contribution in [0.5, 0.6) is 0 Å². The van der Waals surface area contributed by atoms with Crippen LogP contribution in [0.25, 0.3) is 0 Å². The molecule has 0 radical (unpaired) electrons. The second-order valence-corrected chi connectivity index (χ2v) is 16.0. The first-order valence-electron chi connectivity index (χ1n) is 24.4. The van der Waals surface area contributed by atoms with Gasteiger partial charge in [0, 0.05) is 19.3 Å². The van der Waals surface area contributed by atoms with E-state index in [4.69, 9.17) is 14.2 Å². The highest BCUT2D eigenvalue weighted by Gasteiger charge is 2.19. The van der Waals surface area contributed by atoms with Gasteiger partial charge in [0.1, 0.15) is 13.2 Å². The molecule has 0 N–H and O–H groups in total. The summed E-state index contributed by atoms with van der Waals surface area (Å²) in [5, 5.41) is 0. The molecule has 0 heterocycles. The molecular weight excluding hydrogens is 733 g/mol. The van der Waals surface area contributed by atoms with Crippen molar-refractivity contribution >= 4 is 17.9 Å². The summed E-state index contributed by atoms with van der Waals surface area (Å²) in [5.74, 6) is -0.957. The van der Waals surface area contributed by atoms with E-state index in [0.717, 1.165) is 103 Å². The number of carbonyl (C=O) groups excluding carboxylic acids is 3. The monoisotopic (exact) mass is 823 g/mol. The van der Waals surface area contributed by atoms with E-state index in [-0.39, 0.29) is 31.1 Å². The second kappa shape index (κ2) is 47.5. The molecule has 0 bridgehead atoms. The highest BCUT2D eigenvalue weighted by Crippen LogP contribution is 2.14. The van der Waals surface area contributed by atoms with Crippen LogP contribution < -0.4 is 0 Å². The van der Waals surface area contributed by atoms with Gasteiger partial charge in [-0.05, 0) is 103 Å². The zero-order chi connectivity index (χ0) is 43.0. The Kier molecular flexibility index (Phi) is 45.0. The maximum Gasteiger partial charge on any atom is 0.306 e. The maximum atomic E-state index is 12.7. The molecular formula is C53H90O6. The predicted molar refractivity (Wildman–Crippen MR) is 251 cm³/mol. The predicted octanol–water partition coefficient (Wildman–Crippen LogP) is 15.9. The van der Waals surface area contributed by atoms with Crippen LogP contribution in [-0.4, -0.2) is 37.2 Å². The molecule has 59 heavy (non-hydrogen) atoms. The Morgan fingerprint density at radius 1 is 0.356 bits per heavy atom. The Balaban J connectivity index is 4.34. The van der Waals surface area contributed by atoms with Crippen molar-refractivity contribution in [3.05, 3.63) is 72.9 Å². The molecule has 0 aliphatic heterocycles. The highest BCUT2D eigenvalue weighted by atomic mass is 16.6. The van der Waals surface area contributed by atoms with E-state index in [2.05, 4.69) is 93.7 Å². The molecule has 0 saturated heterocycles. The van der Waals surface area contributed by atoms with Crippen molar-refractivity contribution in [2.75, 3.05) is 13.2 Å². The maximum absolute atomic E-state index is 12.7. The van der Waals surface area contributed by atoms with Crippen molar-refractivity contribution in [1.82, 2.24) is 0 Å². The van der Waals surface area contributed by atoms with Crippen molar-refractivity contribution in [2.45, 2.75) is 232 Å². The summed E-state index contributed by atoms with van der Waals surface area (Å²) < 4.78 is 16.7. The molecule has 0 aromatic rings. The summed E-state index contributed by atoms with van der Waals surface area (Å²) in [4.78, 5) is 37.8. The first-order chi connectivity index (χ1) is 29.0. The molecule has 0 spiro atoms. The fourth-order valence-corrected chi connectivity index (χ4v) is 6.55. The molecule has 0 rings (SSSR count). The molecule has 1 unspecified atom stereocenters. The average Bonchev–Trinajstić information content (AvgIpc) is 3.23. The van der Waals surface area contributed by atoms with Gasteiger partial charge >= 0.3 is 17.9 Å². The van der Waals surface area contributed by atoms with Gasteiger partial charge in [-0.1, -0.05) is 177 Å². The fraction of sp³-hybridized carbons (Fsp3) is 0.717. The number of ether oxygens (including phenoxy) is 3. The standard InChI is InChI=1S/C53H90O6/c1-4-7-10-13-16-19-21-23-24-25-26-27-28-30-31-34-37-40-43-46-52(55)58-49-50(48-57-51(54)45-42-39-36-33-18-15-12-9-6-3)59-53(56)47-44-41-38-35-32-29-22-20-17-14-11-8-5-2/h7,9-10,12,16,18-19,23-24,29,32-33,50H,4-6,8,11,13-15,17,20-22,25-28,30-31,34-49H2,1-3H3/b10-7-,12-9-,19-16-,24-23-,32-29-,33-18-. The average molecular weight is 823 g/mol. The molecule has 338 valence electrons. The molecule has 6 heteroatoms. The normalized spacial score (nSPS) is 12.7. The van der Waals surface area contributed by atoms with Gasteiger partial charge in [0.25, 0.3) is 0 Å². The minimum Gasteiger partial charge on any atom is -0.462 e. The van der Waals surface area contributed by atoms with Crippen molar-refractivity contribution in [3.8, 4) is 0 Å². The van der Waals surface area contributed by atoms with Crippen LogP contribution in [0.15, 0.2) is 72.9 Å². The minimum absolute atomic E-state index is 0.0949. The third kappa shape index (κ3) is 45.8. The van der Waals surface area contributed by atoms with Gasteiger partial charge in [0.2, 0.25) is 0 Å². The SMILES string of the molecule is CC/C=C\C/C=C\C/C=C\CCCCCCCCCCCC(=O)OCC(COC(=O)CCCC/C=C\C/C=C\CC)OC(=O)CCCCC/C=C\CCCCCCCC. The lowest BCUT2D eigenvalue weighted by Crippen LogP contribution is -2.30. The van der Waals surface area contributed by atoms with Gasteiger partial charge < -0.3 is 14.2 Å². The summed E-state index contributed by atoms with van der Waals surface area (Å²) in [6.45, 7) is 6.34. The van der Waals surface area contributed by atoms with Gasteiger partial charge in [-0.3, -0.25) is 14.4 Å². The third-order valence-electron chi connectivity index (χ3n) is 10.2. The molecule has 0 fully saturated rings. The Hall–Kier alpha value is -3.15. The highest BCUT2D eigenvalue weighted by molar-refractivity contribution is 5.71. The smallest absolute Gasteiger partial charge is 0.306 e. The van der Waals surface area contributed by atoms with E-state index in [1.165, 1.54) is 83.5 Å². The number of carbonyl (C=O) groups is 3. The summed E-state index contributed by atoms with van der Waals surface area (Å²) in [6.07, 6.45) is 59.0. The zero-order valence-corrected chi connectivity index (χ0v) is 38.5.